The molecule has 0 aromatic heterocycles. The Morgan fingerprint density at radius 1 is 1.47 bits per heavy atom. The van der Waals surface area contributed by atoms with E-state index in [1.54, 1.807) is 20.9 Å². The summed E-state index contributed by atoms with van der Waals surface area (Å²) in [6.45, 7) is 3.52. The average Bonchev–Trinajstić information content (AvgIpc) is 2.17. The van der Waals surface area contributed by atoms with Gasteiger partial charge in [0.2, 0.25) is 0 Å². The van der Waals surface area contributed by atoms with Gasteiger partial charge in [-0.05, 0) is 33.0 Å². The molecular formula is C10H13FN2O2. The second kappa shape index (κ2) is 3.94. The Balaban J connectivity index is 3.37. The first-order valence-corrected chi connectivity index (χ1v) is 4.52. The zero-order chi connectivity index (χ0) is 11.6. The molecule has 0 aliphatic rings. The summed E-state index contributed by atoms with van der Waals surface area (Å²) in [7, 11) is 1.68. The quantitative estimate of drug-likeness (QED) is 0.617. The summed E-state index contributed by atoms with van der Waals surface area (Å²) in [5.41, 5.74) is -0.365. The maximum atomic E-state index is 13.0. The number of hydrogen-bond acceptors (Lipinski definition) is 3. The molecular weight excluding hydrogens is 199 g/mol. The van der Waals surface area contributed by atoms with Crippen LogP contribution in [0.1, 0.15) is 19.4 Å². The van der Waals surface area contributed by atoms with E-state index in [2.05, 4.69) is 5.32 Å². The molecule has 0 unspecified atom stereocenters. The van der Waals surface area contributed by atoms with Crippen LogP contribution in [0.3, 0.4) is 0 Å². The van der Waals surface area contributed by atoms with E-state index in [1.165, 1.54) is 12.1 Å². The number of hydrogen-bond donors (Lipinski definition) is 1. The van der Waals surface area contributed by atoms with Gasteiger partial charge in [0.25, 0.3) is 5.69 Å². The van der Waals surface area contributed by atoms with Crippen LogP contribution in [0.5, 0.6) is 0 Å². The number of halogens is 1. The van der Waals surface area contributed by atoms with Crippen LogP contribution in [0.15, 0.2) is 18.2 Å². The second-order valence-electron chi connectivity index (χ2n) is 3.79. The van der Waals surface area contributed by atoms with Crippen molar-refractivity contribution in [2.45, 2.75) is 19.4 Å². The molecule has 1 rings (SSSR count). The predicted molar refractivity (Wildman–Crippen MR) is 55.1 cm³/mol. The van der Waals surface area contributed by atoms with Gasteiger partial charge in [0.15, 0.2) is 0 Å². The van der Waals surface area contributed by atoms with Crippen LogP contribution in [0, 0.1) is 15.9 Å². The molecule has 0 fully saturated rings. The first-order valence-electron chi connectivity index (χ1n) is 4.52. The van der Waals surface area contributed by atoms with Gasteiger partial charge in [0, 0.05) is 11.6 Å². The monoisotopic (exact) mass is 212 g/mol. The third kappa shape index (κ3) is 2.30. The smallest absolute Gasteiger partial charge is 0.274 e. The first kappa shape index (κ1) is 11.6. The Morgan fingerprint density at radius 2 is 2.07 bits per heavy atom. The number of nitro benzene ring substituents is 1. The number of rotatable bonds is 3. The molecule has 1 aromatic rings. The molecule has 0 spiro atoms. The first-order chi connectivity index (χ1) is 6.88. The lowest BCUT2D eigenvalue weighted by Crippen LogP contribution is -2.33. The van der Waals surface area contributed by atoms with E-state index in [0.717, 1.165) is 6.07 Å². The van der Waals surface area contributed by atoms with Crippen LogP contribution in [-0.4, -0.2) is 12.0 Å². The van der Waals surface area contributed by atoms with E-state index in [1.807, 2.05) is 0 Å². The lowest BCUT2D eigenvalue weighted by atomic mass is 9.93. The largest absolute Gasteiger partial charge is 0.311 e. The molecule has 0 amide bonds. The van der Waals surface area contributed by atoms with Crippen molar-refractivity contribution < 1.29 is 9.31 Å². The minimum Gasteiger partial charge on any atom is -0.311 e. The van der Waals surface area contributed by atoms with Gasteiger partial charge in [-0.15, -0.1) is 0 Å². The summed E-state index contributed by atoms with van der Waals surface area (Å²) in [6.07, 6.45) is 0. The van der Waals surface area contributed by atoms with Gasteiger partial charge in [-0.3, -0.25) is 10.1 Å². The van der Waals surface area contributed by atoms with Crippen molar-refractivity contribution in [2.24, 2.45) is 0 Å². The van der Waals surface area contributed by atoms with Gasteiger partial charge in [0.05, 0.1) is 10.5 Å². The Morgan fingerprint density at radius 3 is 2.53 bits per heavy atom. The van der Waals surface area contributed by atoms with Crippen molar-refractivity contribution >= 4 is 5.69 Å². The zero-order valence-corrected chi connectivity index (χ0v) is 8.87. The van der Waals surface area contributed by atoms with Crippen LogP contribution in [0.25, 0.3) is 0 Å². The molecule has 0 saturated heterocycles. The van der Waals surface area contributed by atoms with Crippen molar-refractivity contribution in [1.29, 1.82) is 0 Å². The lowest BCUT2D eigenvalue weighted by molar-refractivity contribution is -0.386. The summed E-state index contributed by atoms with van der Waals surface area (Å²) < 4.78 is 13.0. The second-order valence-corrected chi connectivity index (χ2v) is 3.79. The molecule has 0 aliphatic heterocycles. The minimum absolute atomic E-state index is 0.0734. The van der Waals surface area contributed by atoms with Gasteiger partial charge in [-0.2, -0.15) is 0 Å². The highest BCUT2D eigenvalue weighted by molar-refractivity contribution is 5.44. The van der Waals surface area contributed by atoms with E-state index in [4.69, 9.17) is 0 Å². The highest BCUT2D eigenvalue weighted by Gasteiger charge is 2.27. The number of nitro groups is 1. The SMILES string of the molecule is CNC(C)(C)c1cc(F)ccc1[N+](=O)[O-]. The molecule has 0 heterocycles. The summed E-state index contributed by atoms with van der Waals surface area (Å²) in [6, 6.07) is 3.46. The van der Waals surface area contributed by atoms with E-state index in [-0.39, 0.29) is 5.69 Å². The molecule has 0 atom stereocenters. The lowest BCUT2D eigenvalue weighted by Gasteiger charge is -2.24. The van der Waals surface area contributed by atoms with E-state index in [0.29, 0.717) is 5.56 Å². The normalized spacial score (nSPS) is 11.5. The van der Waals surface area contributed by atoms with Gasteiger partial charge < -0.3 is 5.32 Å². The number of nitrogens with one attached hydrogen (secondary N) is 1. The fourth-order valence-electron chi connectivity index (χ4n) is 1.30. The summed E-state index contributed by atoms with van der Waals surface area (Å²) in [4.78, 5) is 10.2. The molecule has 82 valence electrons. The Kier molecular flexibility index (Phi) is 3.04. The van der Waals surface area contributed by atoms with Crippen molar-refractivity contribution in [1.82, 2.24) is 5.32 Å². The zero-order valence-electron chi connectivity index (χ0n) is 8.87. The van der Waals surface area contributed by atoms with Crippen molar-refractivity contribution in [3.05, 3.63) is 39.7 Å². The Hall–Kier alpha value is -1.49. The van der Waals surface area contributed by atoms with Crippen molar-refractivity contribution in [3.63, 3.8) is 0 Å². The van der Waals surface area contributed by atoms with Gasteiger partial charge in [-0.25, -0.2) is 4.39 Å². The molecule has 5 heteroatoms. The summed E-state index contributed by atoms with van der Waals surface area (Å²) in [5.74, 6) is -0.473. The van der Waals surface area contributed by atoms with Crippen LogP contribution in [0.4, 0.5) is 10.1 Å². The van der Waals surface area contributed by atoms with Crippen molar-refractivity contribution in [3.8, 4) is 0 Å². The summed E-state index contributed by atoms with van der Waals surface area (Å²) in [5, 5.41) is 13.7. The molecule has 0 bridgehead atoms. The highest BCUT2D eigenvalue weighted by Crippen LogP contribution is 2.29. The van der Waals surface area contributed by atoms with Gasteiger partial charge in [0.1, 0.15) is 5.82 Å². The topological polar surface area (TPSA) is 55.2 Å². The minimum atomic E-state index is -0.634. The highest BCUT2D eigenvalue weighted by atomic mass is 19.1. The Bertz CT molecular complexity index is 391. The molecule has 0 radical (unpaired) electrons. The fraction of sp³-hybridized carbons (Fsp3) is 0.400. The van der Waals surface area contributed by atoms with Crippen molar-refractivity contribution in [2.75, 3.05) is 7.05 Å². The average molecular weight is 212 g/mol. The Labute approximate surface area is 87.3 Å². The van der Waals surface area contributed by atoms with Gasteiger partial charge >= 0.3 is 0 Å². The fourth-order valence-corrected chi connectivity index (χ4v) is 1.30. The molecule has 0 saturated carbocycles. The third-order valence-corrected chi connectivity index (χ3v) is 2.45. The molecule has 1 N–H and O–H groups in total. The predicted octanol–water partition coefficient (Wildman–Crippen LogP) is 2.19. The van der Waals surface area contributed by atoms with Crippen LogP contribution in [-0.2, 0) is 5.54 Å². The molecule has 15 heavy (non-hydrogen) atoms. The maximum Gasteiger partial charge on any atom is 0.274 e. The summed E-state index contributed by atoms with van der Waals surface area (Å²) >= 11 is 0. The molecule has 0 aliphatic carbocycles. The molecule has 4 nitrogen and oxygen atoms in total. The standard InChI is InChI=1S/C10H13FN2O2/c1-10(2,12-3)8-6-7(11)4-5-9(8)13(14)15/h4-6,12H,1-3H3. The number of nitrogens with zero attached hydrogens (tertiary/aromatic N) is 1. The van der Waals surface area contributed by atoms with Crippen LogP contribution < -0.4 is 5.32 Å². The number of benzene rings is 1. The van der Waals surface area contributed by atoms with E-state index < -0.39 is 16.3 Å². The third-order valence-electron chi connectivity index (χ3n) is 2.45. The van der Waals surface area contributed by atoms with Gasteiger partial charge in [-0.1, -0.05) is 0 Å². The van der Waals surface area contributed by atoms with Crippen LogP contribution in [0.2, 0.25) is 0 Å². The van der Waals surface area contributed by atoms with E-state index >= 15 is 0 Å². The van der Waals surface area contributed by atoms with Crippen LogP contribution >= 0.6 is 0 Å². The van der Waals surface area contributed by atoms with E-state index in [9.17, 15) is 14.5 Å². The maximum absolute atomic E-state index is 13.0. The molecule has 1 aromatic carbocycles.